The zero-order valence-electron chi connectivity index (χ0n) is 16.7. The Labute approximate surface area is 163 Å². The van der Waals surface area contributed by atoms with Gasteiger partial charge in [-0.3, -0.25) is 9.69 Å². The molecule has 0 saturated heterocycles. The van der Waals surface area contributed by atoms with Crippen LogP contribution in [0.3, 0.4) is 0 Å². The van der Waals surface area contributed by atoms with Gasteiger partial charge in [0.15, 0.2) is 5.78 Å². The van der Waals surface area contributed by atoms with E-state index in [0.29, 0.717) is 6.42 Å². The summed E-state index contributed by atoms with van der Waals surface area (Å²) in [6, 6.07) is 18.0. The normalized spacial score (nSPS) is 13.4. The van der Waals surface area contributed by atoms with Crippen LogP contribution in [0.25, 0.3) is 0 Å². The van der Waals surface area contributed by atoms with E-state index in [0.717, 1.165) is 37.1 Å². The highest BCUT2D eigenvalue weighted by Crippen LogP contribution is 2.28. The summed E-state index contributed by atoms with van der Waals surface area (Å²) >= 11 is 0. The maximum atomic E-state index is 13.5. The molecule has 0 aliphatic rings. The van der Waals surface area contributed by atoms with Gasteiger partial charge in [-0.25, -0.2) is 0 Å². The Morgan fingerprint density at radius 1 is 1.04 bits per heavy atom. The highest BCUT2D eigenvalue weighted by molar-refractivity contribution is 6.03. The van der Waals surface area contributed by atoms with Crippen LogP contribution in [-0.4, -0.2) is 48.6 Å². The van der Waals surface area contributed by atoms with Gasteiger partial charge < -0.3 is 10.4 Å². The summed E-state index contributed by atoms with van der Waals surface area (Å²) in [5, 5.41) is 12.2. The number of anilines is 1. The number of benzene rings is 2. The topological polar surface area (TPSA) is 52.6 Å². The van der Waals surface area contributed by atoms with Crippen LogP contribution < -0.4 is 5.32 Å². The number of nitrogens with zero attached hydrogens (tertiary/aromatic N) is 1. The lowest BCUT2D eigenvalue weighted by Crippen LogP contribution is -2.52. The average Bonchev–Trinajstić information content (AvgIpc) is 2.70. The van der Waals surface area contributed by atoms with Crippen LogP contribution in [0.1, 0.15) is 42.1 Å². The van der Waals surface area contributed by atoms with E-state index in [2.05, 4.69) is 29.3 Å². The standard InChI is InChI=1S/C23H32N2O2/c1-4-23(25(2)3,18-19-10-6-5-7-11-19)22(27)20-12-14-21(15-13-20)24-16-8-9-17-26/h5-7,10-15,24,26H,4,8-9,16-18H2,1-3H3. The number of rotatable bonds is 11. The fourth-order valence-electron chi connectivity index (χ4n) is 3.45. The van der Waals surface area contributed by atoms with E-state index in [9.17, 15) is 4.79 Å². The van der Waals surface area contributed by atoms with E-state index >= 15 is 0 Å². The van der Waals surface area contributed by atoms with E-state index in [4.69, 9.17) is 5.11 Å². The van der Waals surface area contributed by atoms with Gasteiger partial charge in [0, 0.05) is 24.4 Å². The van der Waals surface area contributed by atoms with Crippen molar-refractivity contribution in [2.45, 2.75) is 38.1 Å². The van der Waals surface area contributed by atoms with Crippen LogP contribution in [0.2, 0.25) is 0 Å². The number of likely N-dealkylation sites (N-methyl/N-ethyl adjacent to an activating group) is 1. The number of aliphatic hydroxyl groups is 1. The predicted molar refractivity (Wildman–Crippen MR) is 112 cm³/mol. The molecule has 0 fully saturated rings. The van der Waals surface area contributed by atoms with Crippen LogP contribution >= 0.6 is 0 Å². The molecule has 1 atom stereocenters. The zero-order valence-corrected chi connectivity index (χ0v) is 16.7. The van der Waals surface area contributed by atoms with Crippen molar-refractivity contribution in [1.29, 1.82) is 0 Å². The summed E-state index contributed by atoms with van der Waals surface area (Å²) in [7, 11) is 3.98. The summed E-state index contributed by atoms with van der Waals surface area (Å²) in [5.41, 5.74) is 2.35. The van der Waals surface area contributed by atoms with Crippen molar-refractivity contribution in [3.63, 3.8) is 0 Å². The first-order valence-corrected chi connectivity index (χ1v) is 9.74. The lowest BCUT2D eigenvalue weighted by atomic mass is 9.80. The number of hydrogen-bond acceptors (Lipinski definition) is 4. The number of aliphatic hydroxyl groups excluding tert-OH is 1. The van der Waals surface area contributed by atoms with E-state index in [1.807, 2.05) is 56.6 Å². The van der Waals surface area contributed by atoms with Gasteiger partial charge in [-0.15, -0.1) is 0 Å². The summed E-state index contributed by atoms with van der Waals surface area (Å²) in [6.07, 6.45) is 3.16. The largest absolute Gasteiger partial charge is 0.396 e. The molecular weight excluding hydrogens is 336 g/mol. The monoisotopic (exact) mass is 368 g/mol. The molecule has 0 aliphatic heterocycles. The van der Waals surface area contributed by atoms with Gasteiger partial charge >= 0.3 is 0 Å². The molecule has 4 nitrogen and oxygen atoms in total. The van der Waals surface area contributed by atoms with Crippen molar-refractivity contribution in [3.05, 3.63) is 65.7 Å². The fourth-order valence-corrected chi connectivity index (χ4v) is 3.45. The second-order valence-corrected chi connectivity index (χ2v) is 7.21. The highest BCUT2D eigenvalue weighted by Gasteiger charge is 2.39. The van der Waals surface area contributed by atoms with E-state index in [-0.39, 0.29) is 12.4 Å². The first-order valence-electron chi connectivity index (χ1n) is 9.74. The molecule has 2 N–H and O–H groups in total. The Morgan fingerprint density at radius 3 is 2.26 bits per heavy atom. The Bertz CT molecular complexity index is 698. The smallest absolute Gasteiger partial charge is 0.183 e. The number of nitrogens with one attached hydrogen (secondary N) is 1. The molecule has 146 valence electrons. The molecule has 2 aromatic carbocycles. The van der Waals surface area contributed by atoms with Gasteiger partial charge in [-0.05, 0) is 69.6 Å². The van der Waals surface area contributed by atoms with Gasteiger partial charge in [0.1, 0.15) is 0 Å². The van der Waals surface area contributed by atoms with Crippen molar-refractivity contribution < 1.29 is 9.90 Å². The molecule has 2 rings (SSSR count). The third kappa shape index (κ3) is 5.41. The number of ketones is 1. The Morgan fingerprint density at radius 2 is 1.70 bits per heavy atom. The lowest BCUT2D eigenvalue weighted by molar-refractivity contribution is 0.0666. The first-order chi connectivity index (χ1) is 13.0. The van der Waals surface area contributed by atoms with Crippen LogP contribution in [0.4, 0.5) is 5.69 Å². The number of carbonyl (C=O) groups excluding carboxylic acids is 1. The average molecular weight is 369 g/mol. The highest BCUT2D eigenvalue weighted by atomic mass is 16.2. The SMILES string of the molecule is CCC(Cc1ccccc1)(C(=O)c1ccc(NCCCCO)cc1)N(C)C. The molecule has 2 aromatic rings. The molecule has 0 radical (unpaired) electrons. The maximum absolute atomic E-state index is 13.5. The van der Waals surface area contributed by atoms with Crippen molar-refractivity contribution in [2.75, 3.05) is 32.6 Å². The van der Waals surface area contributed by atoms with Gasteiger partial charge in [0.05, 0.1) is 5.54 Å². The summed E-state index contributed by atoms with van der Waals surface area (Å²) in [4.78, 5) is 15.5. The van der Waals surface area contributed by atoms with Crippen molar-refractivity contribution >= 4 is 11.5 Å². The van der Waals surface area contributed by atoms with Crippen molar-refractivity contribution in [3.8, 4) is 0 Å². The van der Waals surface area contributed by atoms with E-state index in [1.165, 1.54) is 5.56 Å². The third-order valence-corrected chi connectivity index (χ3v) is 5.26. The fraction of sp³-hybridized carbons (Fsp3) is 0.435. The molecule has 0 bridgehead atoms. The zero-order chi connectivity index (χ0) is 19.7. The Hall–Kier alpha value is -2.17. The van der Waals surface area contributed by atoms with Crippen molar-refractivity contribution in [2.24, 2.45) is 0 Å². The van der Waals surface area contributed by atoms with Gasteiger partial charge in [-0.1, -0.05) is 37.3 Å². The van der Waals surface area contributed by atoms with Gasteiger partial charge in [0.2, 0.25) is 0 Å². The second kappa shape index (κ2) is 10.2. The third-order valence-electron chi connectivity index (χ3n) is 5.26. The summed E-state index contributed by atoms with van der Waals surface area (Å²) in [6.45, 7) is 3.12. The molecule has 4 heteroatoms. The quantitative estimate of drug-likeness (QED) is 0.465. The number of Topliss-reactive ketones (excluding diaryl/α,β-unsaturated/α-hetero) is 1. The minimum Gasteiger partial charge on any atom is -0.396 e. The molecule has 0 heterocycles. The predicted octanol–water partition coefficient (Wildman–Crippen LogP) is 4.01. The van der Waals surface area contributed by atoms with Crippen LogP contribution in [-0.2, 0) is 6.42 Å². The Kier molecular flexibility index (Phi) is 8.01. The van der Waals surface area contributed by atoms with E-state index in [1.54, 1.807) is 0 Å². The van der Waals surface area contributed by atoms with Crippen LogP contribution in [0, 0.1) is 0 Å². The molecule has 27 heavy (non-hydrogen) atoms. The molecule has 0 saturated carbocycles. The number of hydrogen-bond donors (Lipinski definition) is 2. The minimum atomic E-state index is -0.558. The van der Waals surface area contributed by atoms with Gasteiger partial charge in [-0.2, -0.15) is 0 Å². The molecule has 0 aliphatic carbocycles. The molecule has 1 unspecified atom stereocenters. The number of carbonyl (C=O) groups is 1. The van der Waals surface area contributed by atoms with Crippen molar-refractivity contribution in [1.82, 2.24) is 4.90 Å². The molecule has 0 spiro atoms. The minimum absolute atomic E-state index is 0.158. The number of unbranched alkanes of at least 4 members (excludes halogenated alkanes) is 1. The van der Waals surface area contributed by atoms with E-state index < -0.39 is 5.54 Å². The molecule has 0 aromatic heterocycles. The van der Waals surface area contributed by atoms with Crippen LogP contribution in [0.5, 0.6) is 0 Å². The summed E-state index contributed by atoms with van der Waals surface area (Å²) < 4.78 is 0. The maximum Gasteiger partial charge on any atom is 0.183 e. The first kappa shape index (κ1) is 21.1. The van der Waals surface area contributed by atoms with Crippen LogP contribution in [0.15, 0.2) is 54.6 Å². The molecule has 0 amide bonds. The molecular formula is C23H32N2O2. The second-order valence-electron chi connectivity index (χ2n) is 7.21. The summed E-state index contributed by atoms with van der Waals surface area (Å²) in [5.74, 6) is 0.158. The lowest BCUT2D eigenvalue weighted by Gasteiger charge is -2.38. The van der Waals surface area contributed by atoms with Gasteiger partial charge in [0.25, 0.3) is 0 Å². The Balaban J connectivity index is 2.17.